The second-order valence-corrected chi connectivity index (χ2v) is 15.5. The number of cyclic esters (lactones) is 1. The van der Waals surface area contributed by atoms with Crippen LogP contribution >= 0.6 is 0 Å². The average molecular weight is 757 g/mol. The Morgan fingerprint density at radius 2 is 1.49 bits per heavy atom. The first-order chi connectivity index (χ1) is 26.4. The molecular formula is C41H52N6O8. The number of ether oxygens (including phenoxy) is 1. The Kier molecular flexibility index (Phi) is 12.5. The Bertz CT molecular complexity index is 1770. The summed E-state index contributed by atoms with van der Waals surface area (Å²) in [5.41, 5.74) is 2.58. The topological polar surface area (TPSA) is 175 Å². The highest BCUT2D eigenvalue weighted by molar-refractivity contribution is 5.98. The maximum Gasteiger partial charge on any atom is 0.328 e. The number of amides is 6. The van der Waals surface area contributed by atoms with Crippen LogP contribution in [-0.2, 0) is 51.1 Å². The molecule has 4 fully saturated rings. The average Bonchev–Trinajstić information content (AvgIpc) is 3.83. The molecule has 294 valence electrons. The van der Waals surface area contributed by atoms with Gasteiger partial charge in [0.15, 0.2) is 0 Å². The molecule has 4 saturated heterocycles. The van der Waals surface area contributed by atoms with Crippen LogP contribution in [0, 0.1) is 12.8 Å². The smallest absolute Gasteiger partial charge is 0.328 e. The molecule has 14 nitrogen and oxygen atoms in total. The predicted molar refractivity (Wildman–Crippen MR) is 201 cm³/mol. The van der Waals surface area contributed by atoms with Crippen molar-refractivity contribution in [1.29, 1.82) is 0 Å². The second-order valence-electron chi connectivity index (χ2n) is 15.5. The number of esters is 1. The number of carbonyl (C=O) groups is 7. The number of hydrogen-bond acceptors (Lipinski definition) is 8. The molecule has 4 aliphatic heterocycles. The normalized spacial score (nSPS) is 27.0. The molecule has 3 N–H and O–H groups in total. The van der Waals surface area contributed by atoms with Gasteiger partial charge in [0.2, 0.25) is 35.4 Å². The molecular weight excluding hydrogens is 704 g/mol. The van der Waals surface area contributed by atoms with Crippen LogP contribution in [0.5, 0.6) is 0 Å². The van der Waals surface area contributed by atoms with Gasteiger partial charge in [0.1, 0.15) is 42.9 Å². The summed E-state index contributed by atoms with van der Waals surface area (Å²) in [5.74, 6) is -3.74. The zero-order valence-electron chi connectivity index (χ0n) is 31.8. The highest BCUT2D eigenvalue weighted by Gasteiger charge is 2.46. The Morgan fingerprint density at radius 3 is 2.24 bits per heavy atom. The molecule has 2 aromatic rings. The monoisotopic (exact) mass is 756 g/mol. The number of hydrogen-bond donors (Lipinski definition) is 3. The Morgan fingerprint density at radius 1 is 0.800 bits per heavy atom. The number of carbonyl (C=O) groups excluding carboxylic acids is 7. The largest absolute Gasteiger partial charge is 0.461 e. The minimum atomic E-state index is -1.41. The highest BCUT2D eigenvalue weighted by Crippen LogP contribution is 2.28. The fourth-order valence-corrected chi connectivity index (χ4v) is 8.18. The van der Waals surface area contributed by atoms with Gasteiger partial charge < -0.3 is 35.4 Å². The van der Waals surface area contributed by atoms with Crippen LogP contribution < -0.4 is 16.0 Å². The van der Waals surface area contributed by atoms with Crippen LogP contribution in [0.4, 0.5) is 0 Å². The molecule has 7 atom stereocenters. The third kappa shape index (κ3) is 9.34. The van der Waals surface area contributed by atoms with Crippen LogP contribution in [0.1, 0.15) is 69.1 Å². The molecule has 0 unspecified atom stereocenters. The lowest BCUT2D eigenvalue weighted by Crippen LogP contribution is -2.62. The molecule has 4 aliphatic rings. The van der Waals surface area contributed by atoms with Crippen molar-refractivity contribution in [1.82, 2.24) is 30.7 Å². The molecule has 0 aliphatic carbocycles. The number of piperidine rings is 1. The van der Waals surface area contributed by atoms with Gasteiger partial charge >= 0.3 is 5.97 Å². The lowest BCUT2D eigenvalue weighted by molar-refractivity contribution is -0.158. The first kappa shape index (κ1) is 39.4. The summed E-state index contributed by atoms with van der Waals surface area (Å²) in [7, 11) is 0. The van der Waals surface area contributed by atoms with Gasteiger partial charge in [0, 0.05) is 26.1 Å². The van der Waals surface area contributed by atoms with Crippen LogP contribution in [0.3, 0.4) is 0 Å². The third-order valence-electron chi connectivity index (χ3n) is 11.1. The van der Waals surface area contributed by atoms with E-state index in [1.807, 2.05) is 68.4 Å². The predicted octanol–water partition coefficient (Wildman–Crippen LogP) is 1.42. The van der Waals surface area contributed by atoms with Gasteiger partial charge in [-0.25, -0.2) is 4.79 Å². The maximum absolute atomic E-state index is 14.5. The summed E-state index contributed by atoms with van der Waals surface area (Å²) in [6.45, 7) is 5.69. The zero-order chi connectivity index (χ0) is 39.2. The third-order valence-corrected chi connectivity index (χ3v) is 11.1. The quantitative estimate of drug-likeness (QED) is 0.356. The molecule has 0 saturated carbocycles. The summed E-state index contributed by atoms with van der Waals surface area (Å²) >= 11 is 0. The van der Waals surface area contributed by atoms with Crippen LogP contribution in [-0.4, -0.2) is 119 Å². The molecule has 4 heterocycles. The van der Waals surface area contributed by atoms with E-state index in [4.69, 9.17) is 4.74 Å². The minimum absolute atomic E-state index is 0.0273. The fourth-order valence-electron chi connectivity index (χ4n) is 8.18. The number of nitrogens with one attached hydrogen (secondary N) is 3. The highest BCUT2D eigenvalue weighted by atomic mass is 16.5. The van der Waals surface area contributed by atoms with E-state index in [1.54, 1.807) is 6.92 Å². The Hall–Kier alpha value is -5.27. The molecule has 2 aromatic carbocycles. The number of fused-ring (bicyclic) bond motifs is 3. The number of rotatable bonds is 7. The molecule has 6 rings (SSSR count). The maximum atomic E-state index is 14.5. The van der Waals surface area contributed by atoms with E-state index >= 15 is 0 Å². The van der Waals surface area contributed by atoms with Gasteiger partial charge in [-0.05, 0) is 69.4 Å². The van der Waals surface area contributed by atoms with Crippen molar-refractivity contribution in [2.75, 3.05) is 26.2 Å². The molecule has 0 bridgehead atoms. The van der Waals surface area contributed by atoms with Crippen molar-refractivity contribution in [3.05, 3.63) is 71.3 Å². The van der Waals surface area contributed by atoms with Crippen molar-refractivity contribution in [2.45, 2.75) is 108 Å². The van der Waals surface area contributed by atoms with Crippen molar-refractivity contribution in [2.24, 2.45) is 5.92 Å². The standard InChI is InChI=1S/C41H52N6O8/c1-25-14-16-29(17-15-25)22-35(48)43-30(21-28-10-5-4-6-11-28)36(49)44-31-24-55-41(54)34-20-26(2)23-47(34)38(51)27(3)42-37(50)32-12-7-8-18-45(32)40(53)33-13-9-19-46(33)39(31)52/h4-6,10-11,14-17,26-27,30-34H,7-9,12-13,18-24H2,1-3H3,(H,42,50)(H,43,48)(H,44,49)/t26-,27+,30+,31+,32+,33+,34+/m1/s1. The van der Waals surface area contributed by atoms with E-state index in [0.29, 0.717) is 38.6 Å². The van der Waals surface area contributed by atoms with E-state index in [-0.39, 0.29) is 37.8 Å². The first-order valence-electron chi connectivity index (χ1n) is 19.5. The van der Waals surface area contributed by atoms with Gasteiger partial charge in [0.05, 0.1) is 6.42 Å². The molecule has 6 amide bonds. The van der Waals surface area contributed by atoms with Crippen LogP contribution in [0.25, 0.3) is 0 Å². The van der Waals surface area contributed by atoms with Gasteiger partial charge in [-0.2, -0.15) is 0 Å². The summed E-state index contributed by atoms with van der Waals surface area (Å²) < 4.78 is 5.76. The van der Waals surface area contributed by atoms with Crippen LogP contribution in [0.15, 0.2) is 54.6 Å². The molecule has 0 radical (unpaired) electrons. The minimum Gasteiger partial charge on any atom is -0.461 e. The van der Waals surface area contributed by atoms with E-state index in [9.17, 15) is 33.6 Å². The Labute approximate surface area is 321 Å². The zero-order valence-corrected chi connectivity index (χ0v) is 31.8. The summed E-state index contributed by atoms with van der Waals surface area (Å²) in [6, 6.07) is 10.5. The van der Waals surface area contributed by atoms with Gasteiger partial charge in [-0.3, -0.25) is 28.8 Å². The van der Waals surface area contributed by atoms with E-state index < -0.39 is 78.4 Å². The Balaban J connectivity index is 1.29. The summed E-state index contributed by atoms with van der Waals surface area (Å²) in [6.07, 6.45) is 3.14. The van der Waals surface area contributed by atoms with Crippen molar-refractivity contribution < 1.29 is 38.3 Å². The van der Waals surface area contributed by atoms with E-state index in [0.717, 1.165) is 23.1 Å². The van der Waals surface area contributed by atoms with E-state index in [2.05, 4.69) is 16.0 Å². The van der Waals surface area contributed by atoms with Gasteiger partial charge in [0.25, 0.3) is 0 Å². The molecule has 55 heavy (non-hydrogen) atoms. The molecule has 0 spiro atoms. The molecule has 0 aromatic heterocycles. The van der Waals surface area contributed by atoms with Crippen molar-refractivity contribution >= 4 is 41.4 Å². The second kappa shape index (κ2) is 17.5. The summed E-state index contributed by atoms with van der Waals surface area (Å²) in [4.78, 5) is 102. The number of nitrogens with zero attached hydrogens (tertiary/aromatic N) is 3. The summed E-state index contributed by atoms with van der Waals surface area (Å²) in [5, 5.41) is 8.41. The SMILES string of the molecule is Cc1ccc(CC(=O)N[C@@H](Cc2ccccc2)C(=O)N[C@H]2COC(=O)[C@@H]3C[C@@H](C)CN3C(=O)[C@H](C)NC(=O)[C@@H]3CCCCN3C(=O)[C@@H]3CCCN3C2=O)cc1. The lowest BCUT2D eigenvalue weighted by atomic mass is 9.99. The number of aryl methyl sites for hydroxylation is 1. The molecule has 14 heteroatoms. The van der Waals surface area contributed by atoms with Crippen LogP contribution in [0.2, 0.25) is 0 Å². The first-order valence-corrected chi connectivity index (χ1v) is 19.5. The van der Waals surface area contributed by atoms with Gasteiger partial charge in [-0.15, -0.1) is 0 Å². The fraction of sp³-hybridized carbons (Fsp3) is 0.537. The lowest BCUT2D eigenvalue weighted by Gasteiger charge is -2.39. The van der Waals surface area contributed by atoms with E-state index in [1.165, 1.54) is 14.7 Å². The van der Waals surface area contributed by atoms with Gasteiger partial charge in [-0.1, -0.05) is 67.1 Å². The van der Waals surface area contributed by atoms with Crippen molar-refractivity contribution in [3.8, 4) is 0 Å². The van der Waals surface area contributed by atoms with Crippen molar-refractivity contribution in [3.63, 3.8) is 0 Å². The number of benzene rings is 2.